The van der Waals surface area contributed by atoms with Gasteiger partial charge in [0.05, 0.1) is 11.1 Å². The molecule has 1 N–H and O–H groups in total. The summed E-state index contributed by atoms with van der Waals surface area (Å²) in [5.74, 6) is -0.770. The van der Waals surface area contributed by atoms with E-state index >= 15 is 0 Å². The molecule has 0 atom stereocenters. The number of halogens is 3. The Morgan fingerprint density at radius 3 is 2.14 bits per heavy atom. The van der Waals surface area contributed by atoms with Crippen molar-refractivity contribution in [1.29, 1.82) is 0 Å². The van der Waals surface area contributed by atoms with Crippen LogP contribution in [0.1, 0.15) is 27.0 Å². The van der Waals surface area contributed by atoms with Gasteiger partial charge in [0.2, 0.25) is 0 Å². The molecule has 0 spiro atoms. The van der Waals surface area contributed by atoms with E-state index in [0.29, 0.717) is 5.69 Å². The first-order valence-electron chi connectivity index (χ1n) is 6.33. The molecule has 0 aliphatic rings. The van der Waals surface area contributed by atoms with Crippen molar-refractivity contribution in [2.45, 2.75) is 20.0 Å². The average molecular weight is 293 g/mol. The predicted molar refractivity (Wildman–Crippen MR) is 75.3 cm³/mol. The summed E-state index contributed by atoms with van der Waals surface area (Å²) in [5.41, 5.74) is 1.01. The molecule has 0 fully saturated rings. The minimum absolute atomic E-state index is 0.385. The van der Waals surface area contributed by atoms with Crippen LogP contribution in [0.5, 0.6) is 0 Å². The summed E-state index contributed by atoms with van der Waals surface area (Å²) >= 11 is 0. The Kier molecular flexibility index (Phi) is 4.02. The van der Waals surface area contributed by atoms with E-state index in [1.54, 1.807) is 12.1 Å². The second-order valence-corrected chi connectivity index (χ2v) is 4.87. The van der Waals surface area contributed by atoms with E-state index in [4.69, 9.17) is 0 Å². The summed E-state index contributed by atoms with van der Waals surface area (Å²) in [6, 6.07) is 10.1. The summed E-state index contributed by atoms with van der Waals surface area (Å²) in [6.07, 6.45) is -4.56. The lowest BCUT2D eigenvalue weighted by Crippen LogP contribution is -2.18. The molecule has 0 radical (unpaired) electrons. The Bertz CT molecular complexity index is 657. The van der Waals surface area contributed by atoms with E-state index in [-0.39, 0.29) is 5.56 Å². The summed E-state index contributed by atoms with van der Waals surface area (Å²) < 4.78 is 38.7. The van der Waals surface area contributed by atoms with Crippen molar-refractivity contribution in [3.8, 4) is 0 Å². The van der Waals surface area contributed by atoms with Gasteiger partial charge in [0.15, 0.2) is 0 Å². The Labute approximate surface area is 120 Å². The largest absolute Gasteiger partial charge is 0.417 e. The van der Waals surface area contributed by atoms with Crippen LogP contribution >= 0.6 is 0 Å². The van der Waals surface area contributed by atoms with Crippen LogP contribution in [0, 0.1) is 13.8 Å². The summed E-state index contributed by atoms with van der Waals surface area (Å²) in [6.45, 7) is 3.71. The van der Waals surface area contributed by atoms with Gasteiger partial charge in [-0.25, -0.2) is 0 Å². The summed E-state index contributed by atoms with van der Waals surface area (Å²) in [5, 5.41) is 2.51. The standard InChI is InChI=1S/C16H14F3NO/c1-10-7-11(2)9-12(8-10)20-15(21)13-5-3-4-6-14(13)16(17,18)19/h3-9H,1-2H3,(H,20,21). The first-order valence-corrected chi connectivity index (χ1v) is 6.33. The quantitative estimate of drug-likeness (QED) is 0.863. The summed E-state index contributed by atoms with van der Waals surface area (Å²) in [4.78, 5) is 12.1. The molecule has 0 saturated heterocycles. The van der Waals surface area contributed by atoms with Gasteiger partial charge in [-0.15, -0.1) is 0 Å². The molecule has 2 nitrogen and oxygen atoms in total. The van der Waals surface area contributed by atoms with E-state index in [9.17, 15) is 18.0 Å². The third-order valence-corrected chi connectivity index (χ3v) is 2.96. The number of carbonyl (C=O) groups is 1. The fraction of sp³-hybridized carbons (Fsp3) is 0.188. The number of hydrogen-bond donors (Lipinski definition) is 1. The molecule has 0 bridgehead atoms. The molecule has 2 aromatic carbocycles. The summed E-state index contributed by atoms with van der Waals surface area (Å²) in [7, 11) is 0. The number of benzene rings is 2. The monoisotopic (exact) mass is 293 g/mol. The molecule has 0 unspecified atom stereocenters. The highest BCUT2D eigenvalue weighted by Gasteiger charge is 2.34. The van der Waals surface area contributed by atoms with Crippen molar-refractivity contribution in [2.24, 2.45) is 0 Å². The molecule has 21 heavy (non-hydrogen) atoms. The van der Waals surface area contributed by atoms with E-state index in [1.165, 1.54) is 18.2 Å². The zero-order valence-electron chi connectivity index (χ0n) is 11.6. The van der Waals surface area contributed by atoms with E-state index < -0.39 is 17.6 Å². The number of aryl methyl sites for hydroxylation is 2. The molecule has 2 rings (SSSR count). The highest BCUT2D eigenvalue weighted by molar-refractivity contribution is 6.05. The van der Waals surface area contributed by atoms with E-state index in [2.05, 4.69) is 5.32 Å². The molecule has 110 valence electrons. The normalized spacial score (nSPS) is 11.3. The van der Waals surface area contributed by atoms with Gasteiger partial charge in [-0.2, -0.15) is 13.2 Å². The van der Waals surface area contributed by atoms with Crippen LogP contribution in [0.25, 0.3) is 0 Å². The van der Waals surface area contributed by atoms with Gasteiger partial charge in [-0.3, -0.25) is 4.79 Å². The number of nitrogens with one attached hydrogen (secondary N) is 1. The second-order valence-electron chi connectivity index (χ2n) is 4.87. The van der Waals surface area contributed by atoms with Gasteiger partial charge in [0.25, 0.3) is 5.91 Å². The smallest absolute Gasteiger partial charge is 0.322 e. The molecule has 1 amide bonds. The molecule has 2 aromatic rings. The lowest BCUT2D eigenvalue weighted by molar-refractivity contribution is -0.137. The van der Waals surface area contributed by atoms with Gasteiger partial charge in [0, 0.05) is 5.69 Å². The maximum Gasteiger partial charge on any atom is 0.417 e. The third kappa shape index (κ3) is 3.62. The number of rotatable bonds is 2. The fourth-order valence-electron chi connectivity index (χ4n) is 2.17. The molecule has 0 aliphatic carbocycles. The van der Waals surface area contributed by atoms with Crippen LogP contribution in [0.15, 0.2) is 42.5 Å². The zero-order chi connectivity index (χ0) is 15.6. The number of hydrogen-bond acceptors (Lipinski definition) is 1. The van der Waals surface area contributed by atoms with Crippen molar-refractivity contribution in [3.05, 3.63) is 64.7 Å². The van der Waals surface area contributed by atoms with Crippen molar-refractivity contribution in [1.82, 2.24) is 0 Å². The van der Waals surface area contributed by atoms with Crippen LogP contribution in [0.3, 0.4) is 0 Å². The molecule has 0 aliphatic heterocycles. The fourth-order valence-corrected chi connectivity index (χ4v) is 2.17. The van der Waals surface area contributed by atoms with Crippen LogP contribution in [0.4, 0.5) is 18.9 Å². The lowest BCUT2D eigenvalue weighted by Gasteiger charge is -2.13. The average Bonchev–Trinajstić information content (AvgIpc) is 2.36. The molecular weight excluding hydrogens is 279 g/mol. The number of amides is 1. The lowest BCUT2D eigenvalue weighted by atomic mass is 10.1. The molecular formula is C16H14F3NO. The zero-order valence-corrected chi connectivity index (χ0v) is 11.6. The topological polar surface area (TPSA) is 29.1 Å². The van der Waals surface area contributed by atoms with Gasteiger partial charge in [-0.1, -0.05) is 18.2 Å². The minimum Gasteiger partial charge on any atom is -0.322 e. The highest BCUT2D eigenvalue weighted by Crippen LogP contribution is 2.32. The molecule has 5 heteroatoms. The van der Waals surface area contributed by atoms with E-state index in [1.807, 2.05) is 19.9 Å². The first-order chi connectivity index (χ1) is 9.77. The highest BCUT2D eigenvalue weighted by atomic mass is 19.4. The maximum atomic E-state index is 12.9. The van der Waals surface area contributed by atoms with Gasteiger partial charge < -0.3 is 5.32 Å². The minimum atomic E-state index is -4.56. The first kappa shape index (κ1) is 15.1. The second kappa shape index (κ2) is 5.60. The van der Waals surface area contributed by atoms with Crippen LogP contribution in [0.2, 0.25) is 0 Å². The molecule has 0 aromatic heterocycles. The Balaban J connectivity index is 2.33. The van der Waals surface area contributed by atoms with Crippen molar-refractivity contribution in [2.75, 3.05) is 5.32 Å². The maximum absolute atomic E-state index is 12.9. The van der Waals surface area contributed by atoms with Gasteiger partial charge in [0.1, 0.15) is 0 Å². The van der Waals surface area contributed by atoms with E-state index in [0.717, 1.165) is 17.2 Å². The molecule has 0 heterocycles. The van der Waals surface area contributed by atoms with Crippen LogP contribution in [-0.4, -0.2) is 5.91 Å². The van der Waals surface area contributed by atoms with Crippen molar-refractivity contribution < 1.29 is 18.0 Å². The Morgan fingerprint density at radius 2 is 1.57 bits per heavy atom. The number of carbonyl (C=O) groups excluding carboxylic acids is 1. The van der Waals surface area contributed by atoms with Gasteiger partial charge >= 0.3 is 6.18 Å². The Morgan fingerprint density at radius 1 is 1.00 bits per heavy atom. The predicted octanol–water partition coefficient (Wildman–Crippen LogP) is 4.57. The Hall–Kier alpha value is -2.30. The number of anilines is 1. The SMILES string of the molecule is Cc1cc(C)cc(NC(=O)c2ccccc2C(F)(F)F)c1. The van der Waals surface area contributed by atoms with Crippen molar-refractivity contribution in [3.63, 3.8) is 0 Å². The third-order valence-electron chi connectivity index (χ3n) is 2.96. The molecule has 0 saturated carbocycles. The van der Waals surface area contributed by atoms with Crippen LogP contribution < -0.4 is 5.32 Å². The van der Waals surface area contributed by atoms with Gasteiger partial charge in [-0.05, 0) is 49.2 Å². The van der Waals surface area contributed by atoms with Crippen LogP contribution in [-0.2, 0) is 6.18 Å². The number of alkyl halides is 3. The van der Waals surface area contributed by atoms with Crippen molar-refractivity contribution >= 4 is 11.6 Å².